The lowest BCUT2D eigenvalue weighted by Gasteiger charge is -2.15. The Bertz CT molecular complexity index is 554. The first-order valence-corrected chi connectivity index (χ1v) is 6.50. The van der Waals surface area contributed by atoms with Crippen LogP contribution in [0.25, 0.3) is 0 Å². The molecule has 0 aliphatic heterocycles. The molecule has 0 atom stereocenters. The summed E-state index contributed by atoms with van der Waals surface area (Å²) in [7, 11) is 1.71. The van der Waals surface area contributed by atoms with Gasteiger partial charge in [0.05, 0.1) is 18.9 Å². The van der Waals surface area contributed by atoms with Crippen molar-refractivity contribution in [2.75, 3.05) is 18.9 Å². The molecule has 0 saturated carbocycles. The van der Waals surface area contributed by atoms with Crippen LogP contribution in [0.1, 0.15) is 29.7 Å². The van der Waals surface area contributed by atoms with E-state index in [4.69, 9.17) is 0 Å². The molecule has 0 spiro atoms. The average Bonchev–Trinajstić information content (AvgIpc) is 2.97. The van der Waals surface area contributed by atoms with Crippen molar-refractivity contribution < 1.29 is 4.79 Å². The van der Waals surface area contributed by atoms with E-state index in [1.165, 1.54) is 6.20 Å². The molecule has 7 heteroatoms. The minimum atomic E-state index is -0.186. The number of amides is 1. The van der Waals surface area contributed by atoms with Crippen LogP contribution in [0.5, 0.6) is 0 Å². The van der Waals surface area contributed by atoms with Gasteiger partial charge in [-0.1, -0.05) is 6.92 Å². The number of nitrogens with zero attached hydrogens (tertiary/aromatic N) is 4. The number of rotatable bonds is 6. The van der Waals surface area contributed by atoms with Crippen molar-refractivity contribution in [2.45, 2.75) is 19.9 Å². The molecule has 7 nitrogen and oxygen atoms in total. The average molecular weight is 274 g/mol. The van der Waals surface area contributed by atoms with Crippen LogP contribution < -0.4 is 5.32 Å². The summed E-state index contributed by atoms with van der Waals surface area (Å²) in [6, 6.07) is 0. The number of hydrogen-bond acceptors (Lipinski definition) is 5. The molecule has 0 aromatic carbocycles. The lowest BCUT2D eigenvalue weighted by molar-refractivity contribution is 0.0775. The van der Waals surface area contributed by atoms with E-state index in [0.29, 0.717) is 18.1 Å². The van der Waals surface area contributed by atoms with E-state index in [0.717, 1.165) is 18.8 Å². The molecule has 0 bridgehead atoms. The van der Waals surface area contributed by atoms with Crippen LogP contribution in [0.2, 0.25) is 0 Å². The second-order valence-corrected chi connectivity index (χ2v) is 4.41. The Morgan fingerprint density at radius 3 is 3.00 bits per heavy atom. The SMILES string of the molecule is CCCNc1cncc(C(=O)N(C)Cc2ncc[nH]2)n1. The molecule has 2 heterocycles. The monoisotopic (exact) mass is 274 g/mol. The van der Waals surface area contributed by atoms with Crippen LogP contribution in [0.15, 0.2) is 24.8 Å². The molecule has 1 amide bonds. The lowest BCUT2D eigenvalue weighted by atomic mass is 10.3. The molecule has 2 rings (SSSR count). The maximum Gasteiger partial charge on any atom is 0.274 e. The Kier molecular flexibility index (Phi) is 4.65. The van der Waals surface area contributed by atoms with Gasteiger partial charge >= 0.3 is 0 Å². The molecule has 0 radical (unpaired) electrons. The third kappa shape index (κ3) is 3.53. The first-order valence-electron chi connectivity index (χ1n) is 6.50. The number of aromatic amines is 1. The second kappa shape index (κ2) is 6.65. The number of nitrogens with one attached hydrogen (secondary N) is 2. The zero-order valence-electron chi connectivity index (χ0n) is 11.6. The summed E-state index contributed by atoms with van der Waals surface area (Å²) in [4.78, 5) is 29.2. The van der Waals surface area contributed by atoms with Gasteiger partial charge in [-0.15, -0.1) is 0 Å². The van der Waals surface area contributed by atoms with E-state index < -0.39 is 0 Å². The highest BCUT2D eigenvalue weighted by Crippen LogP contribution is 2.06. The number of carbonyl (C=O) groups is 1. The highest BCUT2D eigenvalue weighted by molar-refractivity contribution is 5.92. The van der Waals surface area contributed by atoms with E-state index >= 15 is 0 Å². The Morgan fingerprint density at radius 1 is 1.45 bits per heavy atom. The van der Waals surface area contributed by atoms with E-state index in [9.17, 15) is 4.79 Å². The van der Waals surface area contributed by atoms with Gasteiger partial charge in [-0.25, -0.2) is 9.97 Å². The normalized spacial score (nSPS) is 10.3. The molecule has 2 aromatic heterocycles. The number of imidazole rings is 1. The lowest BCUT2D eigenvalue weighted by Crippen LogP contribution is -2.27. The van der Waals surface area contributed by atoms with Gasteiger partial charge in [-0.05, 0) is 6.42 Å². The minimum absolute atomic E-state index is 0.186. The third-order valence-electron chi connectivity index (χ3n) is 2.70. The maximum atomic E-state index is 12.3. The standard InChI is InChI=1S/C13H18N6O/c1-3-4-15-11-8-14-7-10(18-11)13(20)19(2)9-12-16-5-6-17-12/h5-8H,3-4,9H2,1-2H3,(H,15,18)(H,16,17). The topological polar surface area (TPSA) is 86.8 Å². The summed E-state index contributed by atoms with van der Waals surface area (Å²) in [5.74, 6) is 1.16. The number of anilines is 1. The van der Waals surface area contributed by atoms with Gasteiger partial charge in [0.15, 0.2) is 0 Å². The summed E-state index contributed by atoms with van der Waals surface area (Å²) >= 11 is 0. The number of H-pyrrole nitrogens is 1. The van der Waals surface area contributed by atoms with Crippen molar-refractivity contribution in [1.29, 1.82) is 0 Å². The van der Waals surface area contributed by atoms with E-state index in [-0.39, 0.29) is 5.91 Å². The van der Waals surface area contributed by atoms with Gasteiger partial charge < -0.3 is 15.2 Å². The summed E-state index contributed by atoms with van der Waals surface area (Å²) in [6.07, 6.45) is 7.45. The Labute approximate surface area is 117 Å². The fourth-order valence-electron chi connectivity index (χ4n) is 1.68. The largest absolute Gasteiger partial charge is 0.369 e. The van der Waals surface area contributed by atoms with Crippen molar-refractivity contribution >= 4 is 11.7 Å². The number of hydrogen-bond donors (Lipinski definition) is 2. The van der Waals surface area contributed by atoms with E-state index in [1.54, 1.807) is 30.5 Å². The fourth-order valence-corrected chi connectivity index (χ4v) is 1.68. The van der Waals surface area contributed by atoms with Crippen LogP contribution in [-0.2, 0) is 6.54 Å². The predicted octanol–water partition coefficient (Wildman–Crippen LogP) is 1.29. The zero-order valence-corrected chi connectivity index (χ0v) is 11.6. The van der Waals surface area contributed by atoms with Crippen molar-refractivity contribution in [1.82, 2.24) is 24.8 Å². The zero-order chi connectivity index (χ0) is 14.4. The van der Waals surface area contributed by atoms with Gasteiger partial charge in [0, 0.05) is 26.0 Å². The first-order chi connectivity index (χ1) is 9.70. The fraction of sp³-hybridized carbons (Fsp3) is 0.385. The van der Waals surface area contributed by atoms with Gasteiger partial charge in [-0.2, -0.15) is 0 Å². The van der Waals surface area contributed by atoms with Crippen LogP contribution in [0, 0.1) is 0 Å². The Hall–Kier alpha value is -2.44. The van der Waals surface area contributed by atoms with Crippen molar-refractivity contribution in [2.24, 2.45) is 0 Å². The highest BCUT2D eigenvalue weighted by atomic mass is 16.2. The van der Waals surface area contributed by atoms with Crippen molar-refractivity contribution in [3.8, 4) is 0 Å². The first kappa shape index (κ1) is 14.0. The highest BCUT2D eigenvalue weighted by Gasteiger charge is 2.15. The van der Waals surface area contributed by atoms with Crippen molar-refractivity contribution in [3.63, 3.8) is 0 Å². The molecule has 0 saturated heterocycles. The molecular formula is C13H18N6O. The summed E-state index contributed by atoms with van der Waals surface area (Å²) < 4.78 is 0. The third-order valence-corrected chi connectivity index (χ3v) is 2.70. The molecule has 0 unspecified atom stereocenters. The summed E-state index contributed by atoms with van der Waals surface area (Å²) in [5.41, 5.74) is 0.320. The number of aromatic nitrogens is 4. The molecule has 0 aliphatic rings. The van der Waals surface area contributed by atoms with Crippen LogP contribution in [0.3, 0.4) is 0 Å². The molecule has 2 N–H and O–H groups in total. The molecular weight excluding hydrogens is 256 g/mol. The molecule has 0 aliphatic carbocycles. The smallest absolute Gasteiger partial charge is 0.274 e. The van der Waals surface area contributed by atoms with Gasteiger partial charge in [0.2, 0.25) is 0 Å². The van der Waals surface area contributed by atoms with Gasteiger partial charge in [-0.3, -0.25) is 9.78 Å². The Balaban J connectivity index is 2.04. The van der Waals surface area contributed by atoms with E-state index in [2.05, 4.69) is 32.2 Å². The van der Waals surface area contributed by atoms with Crippen LogP contribution in [0.4, 0.5) is 5.82 Å². The number of carbonyl (C=O) groups excluding carboxylic acids is 1. The van der Waals surface area contributed by atoms with Crippen molar-refractivity contribution in [3.05, 3.63) is 36.3 Å². The van der Waals surface area contributed by atoms with E-state index in [1.807, 2.05) is 0 Å². The predicted molar refractivity (Wildman–Crippen MR) is 75.2 cm³/mol. The molecule has 0 fully saturated rings. The van der Waals surface area contributed by atoms with Gasteiger partial charge in [0.25, 0.3) is 5.91 Å². The summed E-state index contributed by atoms with van der Waals surface area (Å²) in [5, 5.41) is 3.11. The minimum Gasteiger partial charge on any atom is -0.369 e. The van der Waals surface area contributed by atoms with Gasteiger partial charge in [0.1, 0.15) is 17.3 Å². The maximum absolute atomic E-state index is 12.3. The summed E-state index contributed by atoms with van der Waals surface area (Å²) in [6.45, 7) is 3.27. The molecule has 20 heavy (non-hydrogen) atoms. The quantitative estimate of drug-likeness (QED) is 0.829. The molecule has 2 aromatic rings. The van der Waals surface area contributed by atoms with Crippen LogP contribution in [-0.4, -0.2) is 44.3 Å². The Morgan fingerprint density at radius 2 is 2.30 bits per heavy atom. The second-order valence-electron chi connectivity index (χ2n) is 4.41. The van der Waals surface area contributed by atoms with Crippen LogP contribution >= 0.6 is 0 Å². The molecule has 106 valence electrons.